The van der Waals surface area contributed by atoms with Crippen LogP contribution >= 0.6 is 24.0 Å². The van der Waals surface area contributed by atoms with E-state index in [2.05, 4.69) is 0 Å². The fourth-order valence-electron chi connectivity index (χ4n) is 1.17. The minimum atomic E-state index is 0. The second-order valence-electron chi connectivity index (χ2n) is 3.16. The van der Waals surface area contributed by atoms with Gasteiger partial charge in [-0.15, -0.1) is 12.4 Å². The predicted octanol–water partition coefficient (Wildman–Crippen LogP) is 3.27. The first-order chi connectivity index (χ1) is 6.83. The van der Waals surface area contributed by atoms with Crippen LogP contribution in [0.3, 0.4) is 0 Å². The Labute approximate surface area is 102 Å². The van der Waals surface area contributed by atoms with Gasteiger partial charge < -0.3 is 10.5 Å². The Hall–Kier alpha value is -0.440. The summed E-state index contributed by atoms with van der Waals surface area (Å²) < 4.78 is 5.51. The van der Waals surface area contributed by atoms with Gasteiger partial charge in [-0.3, -0.25) is 0 Å². The first kappa shape index (κ1) is 14.6. The van der Waals surface area contributed by atoms with Crippen LogP contribution in [0.5, 0.6) is 5.75 Å². The van der Waals surface area contributed by atoms with E-state index < -0.39 is 0 Å². The van der Waals surface area contributed by atoms with Gasteiger partial charge in [0.05, 0.1) is 6.61 Å². The minimum Gasteiger partial charge on any atom is -0.494 e. The molecule has 0 amide bonds. The van der Waals surface area contributed by atoms with E-state index in [9.17, 15) is 0 Å². The summed E-state index contributed by atoms with van der Waals surface area (Å²) in [6.07, 6.45) is 3.24. The molecule has 0 heterocycles. The van der Waals surface area contributed by atoms with Crippen molar-refractivity contribution in [1.82, 2.24) is 0 Å². The van der Waals surface area contributed by atoms with Crippen molar-refractivity contribution in [2.45, 2.75) is 19.3 Å². The highest BCUT2D eigenvalue weighted by Crippen LogP contribution is 2.17. The van der Waals surface area contributed by atoms with Crippen molar-refractivity contribution in [1.29, 1.82) is 0 Å². The highest BCUT2D eigenvalue weighted by molar-refractivity contribution is 6.30. The SMILES string of the molecule is Cl.NCCCCCOc1cccc(Cl)c1. The van der Waals surface area contributed by atoms with Gasteiger partial charge in [0.25, 0.3) is 0 Å². The molecular formula is C11H17Cl2NO. The number of unbranched alkanes of at least 4 members (excludes halogenated alkanes) is 2. The molecule has 0 saturated heterocycles. The van der Waals surface area contributed by atoms with Crippen LogP contribution in [-0.4, -0.2) is 13.2 Å². The van der Waals surface area contributed by atoms with Crippen LogP contribution in [0.15, 0.2) is 24.3 Å². The number of ether oxygens (including phenoxy) is 1. The van der Waals surface area contributed by atoms with Crippen molar-refractivity contribution in [3.63, 3.8) is 0 Å². The average Bonchev–Trinajstić information content (AvgIpc) is 2.18. The molecule has 2 nitrogen and oxygen atoms in total. The minimum absolute atomic E-state index is 0. The highest BCUT2D eigenvalue weighted by Gasteiger charge is 1.94. The molecule has 0 spiro atoms. The zero-order valence-corrected chi connectivity index (χ0v) is 10.2. The topological polar surface area (TPSA) is 35.2 Å². The van der Waals surface area contributed by atoms with Crippen LogP contribution < -0.4 is 10.5 Å². The third kappa shape index (κ3) is 6.61. The van der Waals surface area contributed by atoms with Gasteiger partial charge in [-0.1, -0.05) is 17.7 Å². The van der Waals surface area contributed by atoms with E-state index in [1.807, 2.05) is 24.3 Å². The molecule has 0 unspecified atom stereocenters. The van der Waals surface area contributed by atoms with Gasteiger partial charge >= 0.3 is 0 Å². The maximum atomic E-state index is 5.81. The zero-order valence-electron chi connectivity index (χ0n) is 8.62. The summed E-state index contributed by atoms with van der Waals surface area (Å²) in [7, 11) is 0. The summed E-state index contributed by atoms with van der Waals surface area (Å²) in [5, 5.41) is 0.712. The van der Waals surface area contributed by atoms with Crippen LogP contribution in [0.25, 0.3) is 0 Å². The van der Waals surface area contributed by atoms with Crippen molar-refractivity contribution >= 4 is 24.0 Å². The summed E-state index contributed by atoms with van der Waals surface area (Å²) in [5.41, 5.74) is 5.38. The van der Waals surface area contributed by atoms with Gasteiger partial charge in [-0.05, 0) is 44.0 Å². The highest BCUT2D eigenvalue weighted by atomic mass is 35.5. The summed E-state index contributed by atoms with van der Waals surface area (Å²) in [5.74, 6) is 0.838. The molecule has 0 aliphatic carbocycles. The van der Waals surface area contributed by atoms with Crippen LogP contribution in [0.2, 0.25) is 5.02 Å². The molecule has 0 fully saturated rings. The molecule has 0 atom stereocenters. The maximum Gasteiger partial charge on any atom is 0.120 e. The van der Waals surface area contributed by atoms with Crippen molar-refractivity contribution < 1.29 is 4.74 Å². The van der Waals surface area contributed by atoms with Crippen LogP contribution in [0.4, 0.5) is 0 Å². The summed E-state index contributed by atoms with van der Waals surface area (Å²) >= 11 is 5.81. The predicted molar refractivity (Wildman–Crippen MR) is 67.1 cm³/mol. The fourth-order valence-corrected chi connectivity index (χ4v) is 1.35. The lowest BCUT2D eigenvalue weighted by molar-refractivity contribution is 0.305. The molecule has 1 aromatic rings. The Morgan fingerprint density at radius 1 is 1.20 bits per heavy atom. The molecule has 4 heteroatoms. The lowest BCUT2D eigenvalue weighted by atomic mass is 10.2. The molecule has 0 aromatic heterocycles. The summed E-state index contributed by atoms with van der Waals surface area (Å²) in [6, 6.07) is 7.46. The number of halogens is 2. The Morgan fingerprint density at radius 3 is 2.67 bits per heavy atom. The van der Waals surface area contributed by atoms with E-state index in [1.165, 1.54) is 0 Å². The Balaban J connectivity index is 0.00000196. The Morgan fingerprint density at radius 2 is 2.00 bits per heavy atom. The van der Waals surface area contributed by atoms with Crippen molar-refractivity contribution in [3.05, 3.63) is 29.3 Å². The lowest BCUT2D eigenvalue weighted by Crippen LogP contribution is -2.01. The molecule has 0 aliphatic rings. The van der Waals surface area contributed by atoms with E-state index in [4.69, 9.17) is 22.1 Å². The van der Waals surface area contributed by atoms with Crippen LogP contribution in [0.1, 0.15) is 19.3 Å². The third-order valence-electron chi connectivity index (χ3n) is 1.91. The molecule has 0 bridgehead atoms. The Bertz CT molecular complexity index is 269. The lowest BCUT2D eigenvalue weighted by Gasteiger charge is -2.05. The van der Waals surface area contributed by atoms with Gasteiger partial charge in [-0.2, -0.15) is 0 Å². The zero-order chi connectivity index (χ0) is 10.2. The van der Waals surface area contributed by atoms with E-state index in [1.54, 1.807) is 0 Å². The summed E-state index contributed by atoms with van der Waals surface area (Å²) in [6.45, 7) is 1.50. The molecule has 86 valence electrons. The fraction of sp³-hybridized carbons (Fsp3) is 0.455. The number of nitrogens with two attached hydrogens (primary N) is 1. The molecule has 0 aliphatic heterocycles. The molecule has 2 N–H and O–H groups in total. The largest absolute Gasteiger partial charge is 0.494 e. The Kier molecular flexibility index (Phi) is 8.58. The normalized spacial score (nSPS) is 9.47. The molecular weight excluding hydrogens is 233 g/mol. The number of hydrogen-bond acceptors (Lipinski definition) is 2. The van der Waals surface area contributed by atoms with Gasteiger partial charge in [0, 0.05) is 5.02 Å². The second-order valence-corrected chi connectivity index (χ2v) is 3.59. The molecule has 1 rings (SSSR count). The van der Waals surface area contributed by atoms with Gasteiger partial charge in [0.2, 0.25) is 0 Å². The molecule has 15 heavy (non-hydrogen) atoms. The van der Waals surface area contributed by atoms with Crippen LogP contribution in [-0.2, 0) is 0 Å². The van der Waals surface area contributed by atoms with Crippen molar-refractivity contribution in [3.8, 4) is 5.75 Å². The first-order valence-electron chi connectivity index (χ1n) is 4.91. The average molecular weight is 250 g/mol. The van der Waals surface area contributed by atoms with E-state index in [0.29, 0.717) is 5.02 Å². The molecule has 0 radical (unpaired) electrons. The quantitative estimate of drug-likeness (QED) is 0.786. The number of benzene rings is 1. The van der Waals surface area contributed by atoms with Crippen molar-refractivity contribution in [2.75, 3.05) is 13.2 Å². The van der Waals surface area contributed by atoms with Gasteiger partial charge in [-0.25, -0.2) is 0 Å². The van der Waals surface area contributed by atoms with Crippen LogP contribution in [0, 0.1) is 0 Å². The van der Waals surface area contributed by atoms with Gasteiger partial charge in [0.15, 0.2) is 0 Å². The van der Waals surface area contributed by atoms with Gasteiger partial charge in [0.1, 0.15) is 5.75 Å². The third-order valence-corrected chi connectivity index (χ3v) is 2.15. The second kappa shape index (κ2) is 8.84. The first-order valence-corrected chi connectivity index (χ1v) is 5.29. The summed E-state index contributed by atoms with van der Waals surface area (Å²) in [4.78, 5) is 0. The number of rotatable bonds is 6. The smallest absolute Gasteiger partial charge is 0.120 e. The molecule has 1 aromatic carbocycles. The van der Waals surface area contributed by atoms with E-state index in [0.717, 1.165) is 38.2 Å². The standard InChI is InChI=1S/C11H16ClNO.ClH/c12-10-5-4-6-11(9-10)14-8-3-1-2-7-13;/h4-6,9H,1-3,7-8,13H2;1H. The number of hydrogen-bond donors (Lipinski definition) is 1. The van der Waals surface area contributed by atoms with E-state index in [-0.39, 0.29) is 12.4 Å². The maximum absolute atomic E-state index is 5.81. The monoisotopic (exact) mass is 249 g/mol. The van der Waals surface area contributed by atoms with Crippen molar-refractivity contribution in [2.24, 2.45) is 5.73 Å². The molecule has 0 saturated carbocycles. The van der Waals surface area contributed by atoms with E-state index >= 15 is 0 Å².